The Bertz CT molecular complexity index is 1420. The average molecular weight is 573 g/mol. The van der Waals surface area contributed by atoms with Gasteiger partial charge in [0.15, 0.2) is 5.01 Å². The van der Waals surface area contributed by atoms with E-state index in [9.17, 15) is 19.5 Å². The number of likely N-dealkylation sites (N-methyl/N-ethyl adjacent to an activating group) is 1. The predicted molar refractivity (Wildman–Crippen MR) is 150 cm³/mol. The summed E-state index contributed by atoms with van der Waals surface area (Å²) in [4.78, 5) is 52.3. The molecule has 39 heavy (non-hydrogen) atoms. The van der Waals surface area contributed by atoms with Gasteiger partial charge in [0.1, 0.15) is 5.69 Å². The molecule has 4 N–H and O–H groups in total. The molecule has 2 atom stereocenters. The first kappa shape index (κ1) is 27.6. The van der Waals surface area contributed by atoms with Crippen molar-refractivity contribution >= 4 is 51.6 Å². The number of amides is 3. The summed E-state index contributed by atoms with van der Waals surface area (Å²) < 4.78 is 0. The molecule has 3 amide bonds. The number of aromatic amines is 1. The van der Waals surface area contributed by atoms with E-state index in [0.29, 0.717) is 28.7 Å². The van der Waals surface area contributed by atoms with Crippen molar-refractivity contribution in [3.05, 3.63) is 50.6 Å². The minimum Gasteiger partial charge on any atom is -0.395 e. The number of H-pyrrole nitrogens is 1. The van der Waals surface area contributed by atoms with Crippen LogP contribution in [0.5, 0.6) is 0 Å². The molecule has 2 aliphatic rings. The molecule has 5 rings (SSSR count). The quantitative estimate of drug-likeness (QED) is 0.359. The van der Waals surface area contributed by atoms with Crippen LogP contribution in [0.4, 0.5) is 0 Å². The Morgan fingerprint density at radius 3 is 2.72 bits per heavy atom. The van der Waals surface area contributed by atoms with Crippen LogP contribution in [-0.2, 0) is 17.8 Å². The van der Waals surface area contributed by atoms with Crippen LogP contribution in [0.1, 0.15) is 51.1 Å². The molecule has 4 heterocycles. The van der Waals surface area contributed by atoms with E-state index in [2.05, 4.69) is 25.5 Å². The van der Waals surface area contributed by atoms with Crippen molar-refractivity contribution in [3.63, 3.8) is 0 Å². The lowest BCUT2D eigenvalue weighted by atomic mass is 9.90. The lowest BCUT2D eigenvalue weighted by molar-refractivity contribution is -0.144. The van der Waals surface area contributed by atoms with Crippen molar-refractivity contribution in [1.82, 2.24) is 30.4 Å². The summed E-state index contributed by atoms with van der Waals surface area (Å²) in [7, 11) is 2.04. The Morgan fingerprint density at radius 1 is 1.18 bits per heavy atom. The normalized spacial score (nSPS) is 20.1. The number of thiazole rings is 1. The molecule has 2 aliphatic heterocycles. The summed E-state index contributed by atoms with van der Waals surface area (Å²) >= 11 is 7.48. The highest BCUT2D eigenvalue weighted by Crippen LogP contribution is 2.26. The molecule has 2 unspecified atom stereocenters. The Morgan fingerprint density at radius 2 is 1.95 bits per heavy atom. The van der Waals surface area contributed by atoms with Crippen LogP contribution >= 0.6 is 22.9 Å². The molecule has 0 aliphatic carbocycles. The van der Waals surface area contributed by atoms with E-state index in [1.54, 1.807) is 36.9 Å². The zero-order valence-electron chi connectivity index (χ0n) is 22.2. The second-order valence-corrected chi connectivity index (χ2v) is 12.6. The van der Waals surface area contributed by atoms with Crippen LogP contribution in [0.3, 0.4) is 0 Å². The maximum absolute atomic E-state index is 13.3. The van der Waals surface area contributed by atoms with Gasteiger partial charge in [-0.2, -0.15) is 0 Å². The molecule has 208 valence electrons. The summed E-state index contributed by atoms with van der Waals surface area (Å²) in [5.41, 5.74) is 1.18. The molecule has 1 saturated heterocycles. The predicted octanol–water partition coefficient (Wildman–Crippen LogP) is 2.41. The van der Waals surface area contributed by atoms with Gasteiger partial charge in [0, 0.05) is 53.4 Å². The molecule has 3 aromatic rings. The monoisotopic (exact) mass is 572 g/mol. The standard InChI is InChI=1S/C27H33ClN6O4S/c1-27(2,14-35)26(38)34-9-7-18(30-23(36)20-11-15-10-16(28)4-5-17(15)29-20)21(12-34)31-24(37)25-32-19-6-8-33(3)13-22(19)39-25/h4-5,10-11,18,21,29,35H,6-9,12-14H2,1-3H3,(H,30,36)(H,31,37). The van der Waals surface area contributed by atoms with E-state index >= 15 is 0 Å². The van der Waals surface area contributed by atoms with Crippen molar-refractivity contribution < 1.29 is 19.5 Å². The lowest BCUT2D eigenvalue weighted by Crippen LogP contribution is -2.62. The second-order valence-electron chi connectivity index (χ2n) is 11.0. The third-order valence-electron chi connectivity index (χ3n) is 7.45. The van der Waals surface area contributed by atoms with Gasteiger partial charge >= 0.3 is 0 Å². The van der Waals surface area contributed by atoms with Gasteiger partial charge in [-0.15, -0.1) is 11.3 Å². The molecule has 1 aromatic carbocycles. The molecule has 0 saturated carbocycles. The molecular weight excluding hydrogens is 540 g/mol. The number of hydrogen-bond acceptors (Lipinski definition) is 7. The number of carbonyl (C=O) groups excluding carboxylic acids is 3. The SMILES string of the molecule is CN1CCc2nc(C(=O)NC3CN(C(=O)C(C)(C)CO)CCC3NC(=O)c3cc4cc(Cl)ccc4[nH]3)sc2C1. The summed E-state index contributed by atoms with van der Waals surface area (Å²) in [5.74, 6) is -0.832. The number of piperidine rings is 1. The van der Waals surface area contributed by atoms with E-state index < -0.39 is 17.5 Å². The number of halogens is 1. The summed E-state index contributed by atoms with van der Waals surface area (Å²) in [6, 6.07) is 6.13. The molecule has 0 spiro atoms. The fourth-order valence-electron chi connectivity index (χ4n) is 5.07. The number of aliphatic hydroxyl groups excluding tert-OH is 1. The van der Waals surface area contributed by atoms with Gasteiger partial charge in [-0.25, -0.2) is 4.98 Å². The number of carbonyl (C=O) groups is 3. The fourth-order valence-corrected chi connectivity index (χ4v) is 6.35. The maximum atomic E-state index is 13.3. The van der Waals surface area contributed by atoms with Gasteiger partial charge in [0.05, 0.1) is 29.8 Å². The number of hydrogen-bond donors (Lipinski definition) is 4. The largest absolute Gasteiger partial charge is 0.395 e. The minimum atomic E-state index is -0.948. The summed E-state index contributed by atoms with van der Waals surface area (Å²) in [6.07, 6.45) is 1.24. The van der Waals surface area contributed by atoms with Gasteiger partial charge in [0.25, 0.3) is 11.8 Å². The minimum absolute atomic E-state index is 0.200. The Balaban J connectivity index is 1.35. The smallest absolute Gasteiger partial charge is 0.280 e. The van der Waals surface area contributed by atoms with Gasteiger partial charge in [-0.1, -0.05) is 11.6 Å². The van der Waals surface area contributed by atoms with Gasteiger partial charge in [-0.05, 0) is 51.6 Å². The van der Waals surface area contributed by atoms with E-state index in [0.717, 1.165) is 41.0 Å². The molecule has 12 heteroatoms. The topological polar surface area (TPSA) is 131 Å². The molecule has 2 aromatic heterocycles. The molecular formula is C27H33ClN6O4S. The van der Waals surface area contributed by atoms with Gasteiger partial charge < -0.3 is 30.5 Å². The van der Waals surface area contributed by atoms with E-state index in [4.69, 9.17) is 11.6 Å². The zero-order chi connectivity index (χ0) is 27.9. The van der Waals surface area contributed by atoms with Crippen molar-refractivity contribution in [2.75, 3.05) is 33.3 Å². The first-order valence-electron chi connectivity index (χ1n) is 13.0. The van der Waals surface area contributed by atoms with Crippen molar-refractivity contribution in [3.8, 4) is 0 Å². The van der Waals surface area contributed by atoms with Crippen LogP contribution in [0.15, 0.2) is 24.3 Å². The zero-order valence-corrected chi connectivity index (χ0v) is 23.8. The first-order valence-corrected chi connectivity index (χ1v) is 14.2. The third-order valence-corrected chi connectivity index (χ3v) is 8.77. The summed E-state index contributed by atoms with van der Waals surface area (Å²) in [6.45, 7) is 5.34. The molecule has 0 radical (unpaired) electrons. The van der Waals surface area contributed by atoms with Crippen molar-refractivity contribution in [2.24, 2.45) is 5.41 Å². The van der Waals surface area contributed by atoms with Crippen LogP contribution in [-0.4, -0.2) is 88.0 Å². The lowest BCUT2D eigenvalue weighted by Gasteiger charge is -2.41. The Hall–Kier alpha value is -2.99. The molecule has 1 fully saturated rings. The second kappa shape index (κ2) is 10.9. The van der Waals surface area contributed by atoms with Crippen LogP contribution in [0.2, 0.25) is 5.02 Å². The van der Waals surface area contributed by atoms with Gasteiger partial charge in [-0.3, -0.25) is 14.4 Å². The van der Waals surface area contributed by atoms with Crippen LogP contribution in [0.25, 0.3) is 10.9 Å². The number of likely N-dealkylation sites (tertiary alicyclic amines) is 1. The number of nitrogens with one attached hydrogen (secondary N) is 3. The highest BCUT2D eigenvalue weighted by Gasteiger charge is 2.39. The van der Waals surface area contributed by atoms with Crippen LogP contribution in [0, 0.1) is 5.41 Å². The Labute approximate surface area is 235 Å². The molecule has 0 bridgehead atoms. The highest BCUT2D eigenvalue weighted by atomic mass is 35.5. The van der Waals surface area contributed by atoms with Crippen LogP contribution < -0.4 is 10.6 Å². The van der Waals surface area contributed by atoms with Crippen molar-refractivity contribution in [2.45, 2.75) is 45.3 Å². The van der Waals surface area contributed by atoms with Crippen molar-refractivity contribution in [1.29, 1.82) is 0 Å². The average Bonchev–Trinajstić information content (AvgIpc) is 3.53. The Kier molecular flexibility index (Phi) is 7.69. The fraction of sp³-hybridized carbons (Fsp3) is 0.481. The van der Waals surface area contributed by atoms with E-state index in [-0.39, 0.29) is 30.9 Å². The van der Waals surface area contributed by atoms with Gasteiger partial charge in [0.2, 0.25) is 5.91 Å². The molecule has 10 nitrogen and oxygen atoms in total. The number of benzene rings is 1. The number of fused-ring (bicyclic) bond motifs is 2. The van der Waals surface area contributed by atoms with E-state index in [1.807, 2.05) is 13.1 Å². The third kappa shape index (κ3) is 5.81. The number of aromatic nitrogens is 2. The highest BCUT2D eigenvalue weighted by molar-refractivity contribution is 7.13. The number of aliphatic hydroxyl groups is 1. The number of rotatable bonds is 6. The summed E-state index contributed by atoms with van der Waals surface area (Å²) in [5, 5.41) is 17.6. The van der Waals surface area contributed by atoms with E-state index in [1.165, 1.54) is 11.3 Å². The number of nitrogens with zero attached hydrogens (tertiary/aromatic N) is 3. The maximum Gasteiger partial charge on any atom is 0.280 e. The first-order chi connectivity index (χ1) is 18.5.